The van der Waals surface area contributed by atoms with Gasteiger partial charge in [-0.15, -0.1) is 0 Å². The van der Waals surface area contributed by atoms with Crippen molar-refractivity contribution in [1.29, 1.82) is 0 Å². The van der Waals surface area contributed by atoms with Crippen molar-refractivity contribution >= 4 is 0 Å². The molecule has 0 aromatic heterocycles. The normalized spacial score (nSPS) is 9.75. The molecule has 0 saturated heterocycles. The van der Waals surface area contributed by atoms with E-state index in [-0.39, 0.29) is 0 Å². The van der Waals surface area contributed by atoms with Crippen LogP contribution in [0, 0.1) is 5.41 Å². The van der Waals surface area contributed by atoms with Crippen LogP contribution in [0.15, 0.2) is 12.8 Å². The van der Waals surface area contributed by atoms with Crippen LogP contribution in [-0.4, -0.2) is 6.61 Å². The van der Waals surface area contributed by atoms with E-state index >= 15 is 0 Å². The first-order chi connectivity index (χ1) is 5.54. The second-order valence-corrected chi connectivity index (χ2v) is 3.70. The molecule has 0 fully saturated rings. The lowest BCUT2D eigenvalue weighted by atomic mass is 9.92. The van der Waals surface area contributed by atoms with E-state index in [0.717, 1.165) is 13.0 Å². The van der Waals surface area contributed by atoms with Crippen LogP contribution in [0.5, 0.6) is 0 Å². The Balaban J connectivity index is 0. The zero-order chi connectivity index (χ0) is 10.0. The zero-order valence-corrected chi connectivity index (χ0v) is 9.31. The number of hydrogen-bond acceptors (Lipinski definition) is 1. The summed E-state index contributed by atoms with van der Waals surface area (Å²) in [6.45, 7) is 15.0. The molecule has 0 aromatic carbocycles. The van der Waals surface area contributed by atoms with Crippen molar-refractivity contribution in [2.75, 3.05) is 6.61 Å². The average Bonchev–Trinajstić information content (AvgIpc) is 2.03. The summed E-state index contributed by atoms with van der Waals surface area (Å²) in [6.07, 6.45) is 3.89. The smallest absolute Gasteiger partial charge is 0.0923 e. The van der Waals surface area contributed by atoms with Crippen molar-refractivity contribution in [1.82, 2.24) is 0 Å². The van der Waals surface area contributed by atoms with E-state index in [1.165, 1.54) is 12.7 Å². The van der Waals surface area contributed by atoms with Crippen molar-refractivity contribution in [3.63, 3.8) is 0 Å². The van der Waals surface area contributed by atoms with Gasteiger partial charge in [0.15, 0.2) is 0 Å². The first kappa shape index (κ1) is 14.1. The minimum Gasteiger partial charge on any atom is -0.501 e. The van der Waals surface area contributed by atoms with Gasteiger partial charge in [-0.1, -0.05) is 47.6 Å². The van der Waals surface area contributed by atoms with Crippen LogP contribution in [0.2, 0.25) is 0 Å². The van der Waals surface area contributed by atoms with Gasteiger partial charge >= 0.3 is 0 Å². The Morgan fingerprint density at radius 3 is 1.92 bits per heavy atom. The van der Waals surface area contributed by atoms with Crippen LogP contribution in [0.4, 0.5) is 0 Å². The zero-order valence-electron chi connectivity index (χ0n) is 9.31. The van der Waals surface area contributed by atoms with E-state index in [1.807, 2.05) is 0 Å². The molecule has 0 unspecified atom stereocenters. The Labute approximate surface area is 77.8 Å². The van der Waals surface area contributed by atoms with Crippen LogP contribution < -0.4 is 0 Å². The van der Waals surface area contributed by atoms with Gasteiger partial charge in [0.25, 0.3) is 0 Å². The molecule has 0 aromatic rings. The van der Waals surface area contributed by atoms with E-state index in [9.17, 15) is 0 Å². The number of hydrogen-bond donors (Lipinski definition) is 0. The Morgan fingerprint density at radius 1 is 1.25 bits per heavy atom. The van der Waals surface area contributed by atoms with Gasteiger partial charge in [0, 0.05) is 0 Å². The summed E-state index contributed by atoms with van der Waals surface area (Å²) in [5.74, 6) is 0. The van der Waals surface area contributed by atoms with E-state index in [4.69, 9.17) is 4.74 Å². The standard InChI is InChI=1S/C8H16O.C3H8/c1-5-8(3,4)7-9-6-2;1-3-2/h6H,2,5,7H2,1,3-4H3;3H2,1-2H3. The predicted molar refractivity (Wildman–Crippen MR) is 56.2 cm³/mol. The van der Waals surface area contributed by atoms with Gasteiger partial charge in [0.2, 0.25) is 0 Å². The van der Waals surface area contributed by atoms with Crippen molar-refractivity contribution in [2.45, 2.75) is 47.5 Å². The second-order valence-electron chi connectivity index (χ2n) is 3.70. The lowest BCUT2D eigenvalue weighted by Gasteiger charge is -2.20. The molecule has 74 valence electrons. The number of rotatable bonds is 4. The molecule has 1 nitrogen and oxygen atoms in total. The van der Waals surface area contributed by atoms with Crippen molar-refractivity contribution in [2.24, 2.45) is 5.41 Å². The molecule has 0 aliphatic heterocycles. The average molecular weight is 172 g/mol. The molecule has 0 N–H and O–H groups in total. The van der Waals surface area contributed by atoms with Crippen molar-refractivity contribution in [3.8, 4) is 0 Å². The summed E-state index contributed by atoms with van der Waals surface area (Å²) in [7, 11) is 0. The predicted octanol–water partition coefficient (Wildman–Crippen LogP) is 4.00. The van der Waals surface area contributed by atoms with Gasteiger partial charge in [-0.2, -0.15) is 0 Å². The molecule has 0 aliphatic rings. The molecule has 0 spiro atoms. The first-order valence-electron chi connectivity index (χ1n) is 4.76. The van der Waals surface area contributed by atoms with Gasteiger partial charge in [-0.25, -0.2) is 0 Å². The summed E-state index contributed by atoms with van der Waals surface area (Å²) in [5.41, 5.74) is 0.300. The molecule has 0 bridgehead atoms. The van der Waals surface area contributed by atoms with E-state index in [0.29, 0.717) is 5.41 Å². The van der Waals surface area contributed by atoms with Gasteiger partial charge in [-0.05, 0) is 11.8 Å². The Hall–Kier alpha value is -0.460. The largest absolute Gasteiger partial charge is 0.501 e. The van der Waals surface area contributed by atoms with Crippen LogP contribution in [0.1, 0.15) is 47.5 Å². The summed E-state index contributed by atoms with van der Waals surface area (Å²) in [6, 6.07) is 0. The molecule has 0 heterocycles. The minimum atomic E-state index is 0.300. The van der Waals surface area contributed by atoms with Gasteiger partial charge in [0.1, 0.15) is 0 Å². The van der Waals surface area contributed by atoms with Gasteiger partial charge in [0.05, 0.1) is 12.9 Å². The summed E-state index contributed by atoms with van der Waals surface area (Å²) in [5, 5.41) is 0. The molecule has 1 heteroatoms. The highest BCUT2D eigenvalue weighted by atomic mass is 16.5. The quantitative estimate of drug-likeness (QED) is 0.582. The molecule has 0 rings (SSSR count). The second kappa shape index (κ2) is 8.63. The van der Waals surface area contributed by atoms with Gasteiger partial charge < -0.3 is 4.74 Å². The maximum absolute atomic E-state index is 5.05. The third-order valence-electron chi connectivity index (χ3n) is 1.55. The highest BCUT2D eigenvalue weighted by Gasteiger charge is 2.14. The van der Waals surface area contributed by atoms with Crippen LogP contribution >= 0.6 is 0 Å². The van der Waals surface area contributed by atoms with Crippen molar-refractivity contribution in [3.05, 3.63) is 12.8 Å². The third kappa shape index (κ3) is 12.2. The fraction of sp³-hybridized carbons (Fsp3) is 0.818. The molecule has 0 radical (unpaired) electrons. The SMILES string of the molecule is C=COCC(C)(C)CC.CCC. The highest BCUT2D eigenvalue weighted by molar-refractivity contribution is 4.66. The lowest BCUT2D eigenvalue weighted by Crippen LogP contribution is -2.15. The highest BCUT2D eigenvalue weighted by Crippen LogP contribution is 2.19. The number of ether oxygens (including phenoxy) is 1. The monoisotopic (exact) mass is 172 g/mol. The fourth-order valence-corrected chi connectivity index (χ4v) is 0.387. The Morgan fingerprint density at radius 2 is 1.67 bits per heavy atom. The molecular formula is C11H24O. The van der Waals surface area contributed by atoms with E-state index in [2.05, 4.69) is 41.2 Å². The molecule has 0 amide bonds. The van der Waals surface area contributed by atoms with Crippen LogP contribution in [-0.2, 0) is 4.74 Å². The maximum atomic E-state index is 5.05. The topological polar surface area (TPSA) is 9.23 Å². The maximum Gasteiger partial charge on any atom is 0.0923 e. The molecule has 0 saturated carbocycles. The summed E-state index contributed by atoms with van der Waals surface area (Å²) < 4.78 is 5.05. The molecule has 0 aliphatic carbocycles. The van der Waals surface area contributed by atoms with Gasteiger partial charge in [-0.3, -0.25) is 0 Å². The van der Waals surface area contributed by atoms with Crippen molar-refractivity contribution < 1.29 is 4.74 Å². The van der Waals surface area contributed by atoms with Crippen LogP contribution in [0.3, 0.4) is 0 Å². The minimum absolute atomic E-state index is 0.300. The first-order valence-corrected chi connectivity index (χ1v) is 4.76. The summed E-state index contributed by atoms with van der Waals surface area (Å²) >= 11 is 0. The summed E-state index contributed by atoms with van der Waals surface area (Å²) in [4.78, 5) is 0. The lowest BCUT2D eigenvalue weighted by molar-refractivity contribution is 0.134. The molecular weight excluding hydrogens is 148 g/mol. The van der Waals surface area contributed by atoms with E-state index in [1.54, 1.807) is 0 Å². The molecule has 12 heavy (non-hydrogen) atoms. The molecule has 0 atom stereocenters. The van der Waals surface area contributed by atoms with E-state index < -0.39 is 0 Å². The fourth-order valence-electron chi connectivity index (χ4n) is 0.387. The Kier molecular flexibility index (Phi) is 10.1. The third-order valence-corrected chi connectivity index (χ3v) is 1.55. The Bertz CT molecular complexity index is 95.2. The van der Waals surface area contributed by atoms with Crippen LogP contribution in [0.25, 0.3) is 0 Å².